The highest BCUT2D eigenvalue weighted by molar-refractivity contribution is 5.69. The van der Waals surface area contributed by atoms with Crippen molar-refractivity contribution >= 4 is 0 Å². The maximum Gasteiger partial charge on any atom is 0.123 e. The summed E-state index contributed by atoms with van der Waals surface area (Å²) in [5, 5.41) is 37.8. The Morgan fingerprint density at radius 2 is 1.10 bits per heavy atom. The zero-order chi connectivity index (χ0) is 43.0. The summed E-state index contributed by atoms with van der Waals surface area (Å²) in [4.78, 5) is 0. The van der Waals surface area contributed by atoms with Crippen LogP contribution in [-0.4, -0.2) is 73.3 Å². The number of benzene rings is 5. The van der Waals surface area contributed by atoms with Crippen molar-refractivity contribution in [1.82, 2.24) is 0 Å². The summed E-state index contributed by atoms with van der Waals surface area (Å²) in [6.07, 6.45) is 17.9. The van der Waals surface area contributed by atoms with Crippen LogP contribution in [0.25, 0.3) is 22.3 Å². The molecule has 61 heavy (non-hydrogen) atoms. The second-order valence-electron chi connectivity index (χ2n) is 14.5. The molecule has 5 aromatic rings. The first-order valence-corrected chi connectivity index (χ1v) is 20.6. The zero-order valence-corrected chi connectivity index (χ0v) is 34.7. The number of allylic oxidation sites excluding steroid dienone is 8. The van der Waals surface area contributed by atoms with Gasteiger partial charge in [-0.1, -0.05) is 97.8 Å². The highest BCUT2D eigenvalue weighted by Crippen LogP contribution is 2.45. The van der Waals surface area contributed by atoms with Crippen LogP contribution in [0.4, 0.5) is 0 Å². The van der Waals surface area contributed by atoms with E-state index in [1.807, 2.05) is 85.8 Å². The lowest BCUT2D eigenvalue weighted by atomic mass is 9.79. The molecule has 0 heterocycles. The van der Waals surface area contributed by atoms with Crippen LogP contribution in [-0.2, 0) is 0 Å². The van der Waals surface area contributed by atoms with E-state index in [0.717, 1.165) is 55.7 Å². The van der Waals surface area contributed by atoms with Crippen LogP contribution in [0.3, 0.4) is 0 Å². The molecule has 0 bridgehead atoms. The first-order valence-electron chi connectivity index (χ1n) is 20.6. The Hall–Kier alpha value is -6.34. The third kappa shape index (κ3) is 11.3. The Bertz CT molecular complexity index is 2350. The predicted molar refractivity (Wildman–Crippen MR) is 242 cm³/mol. The minimum atomic E-state index is -0.176. The molecule has 1 aliphatic rings. The van der Waals surface area contributed by atoms with Gasteiger partial charge >= 0.3 is 0 Å². The molecule has 1 aliphatic carbocycles. The Morgan fingerprint density at radius 3 is 1.61 bits per heavy atom. The van der Waals surface area contributed by atoms with Crippen molar-refractivity contribution in [2.75, 3.05) is 52.9 Å². The van der Waals surface area contributed by atoms with E-state index in [2.05, 4.69) is 73.5 Å². The van der Waals surface area contributed by atoms with Gasteiger partial charge in [0.15, 0.2) is 0 Å². The van der Waals surface area contributed by atoms with Crippen LogP contribution >= 0.6 is 0 Å². The minimum absolute atomic E-state index is 0.0507. The lowest BCUT2D eigenvalue weighted by Gasteiger charge is -2.26. The first-order chi connectivity index (χ1) is 29.9. The van der Waals surface area contributed by atoms with E-state index in [1.54, 1.807) is 6.08 Å². The molecule has 8 heteroatoms. The first kappa shape index (κ1) is 44.2. The number of aliphatic hydroxyl groups is 4. The lowest BCUT2D eigenvalue weighted by Crippen LogP contribution is -2.13. The molecule has 3 unspecified atom stereocenters. The standard InChI is InChI=1S/C53H54O8/c1-4-6-7-38(5-2)43-12-13-46(34-43)53(50-36-45(19-25-52(50)61-33-29-57)41-16-22-48(23-17-41)59-31-27-55)42-10-8-39(9-11-42)37(3)49-35-44(18-24-51(49)60-32-28-56)40-14-20-47(21-15-40)58-30-26-54/h1,5-25,34-37,46,53-57H,26-33H2,2-3H3/b7-6-,38-5+. The van der Waals surface area contributed by atoms with Gasteiger partial charge in [-0.25, -0.2) is 0 Å². The van der Waals surface area contributed by atoms with E-state index in [9.17, 15) is 15.3 Å². The van der Waals surface area contributed by atoms with Crippen LogP contribution in [0.1, 0.15) is 47.9 Å². The van der Waals surface area contributed by atoms with E-state index in [0.29, 0.717) is 23.0 Å². The maximum absolute atomic E-state index is 9.83. The Balaban J connectivity index is 1.41. The highest BCUT2D eigenvalue weighted by atomic mass is 16.5. The van der Waals surface area contributed by atoms with Crippen molar-refractivity contribution < 1.29 is 39.4 Å². The summed E-state index contributed by atoms with van der Waals surface area (Å²) in [7, 11) is 0. The largest absolute Gasteiger partial charge is 0.491 e. The molecular weight excluding hydrogens is 765 g/mol. The average Bonchev–Trinajstić information content (AvgIpc) is 3.79. The van der Waals surface area contributed by atoms with E-state index in [-0.39, 0.29) is 70.6 Å². The Labute approximate surface area is 359 Å². The van der Waals surface area contributed by atoms with Crippen LogP contribution < -0.4 is 18.9 Å². The maximum atomic E-state index is 9.83. The Kier molecular flexibility index (Phi) is 16.2. The van der Waals surface area contributed by atoms with Crippen LogP contribution in [0, 0.1) is 18.3 Å². The third-order valence-electron chi connectivity index (χ3n) is 10.7. The fraction of sp³-hybridized carbons (Fsp3) is 0.245. The van der Waals surface area contributed by atoms with Gasteiger partial charge in [-0.15, -0.1) is 6.42 Å². The normalized spacial score (nSPS) is 14.7. The molecule has 0 amide bonds. The lowest BCUT2D eigenvalue weighted by molar-refractivity contribution is 0.200. The van der Waals surface area contributed by atoms with Crippen LogP contribution in [0.5, 0.6) is 23.0 Å². The SMILES string of the molecule is C#C/C=C\C(=C/C)C1=CC(C(c2ccc(C(C)c3cc(-c4ccc(OCCO)cc4)ccc3OCCO)cc2)c2cc(-c3ccc(OCCO)cc3)ccc2OCCO)C=C1. The van der Waals surface area contributed by atoms with Gasteiger partial charge in [-0.05, 0) is 112 Å². The quantitative estimate of drug-likeness (QED) is 0.0428. The third-order valence-corrected chi connectivity index (χ3v) is 10.7. The predicted octanol–water partition coefficient (Wildman–Crippen LogP) is 9.04. The van der Waals surface area contributed by atoms with E-state index < -0.39 is 0 Å². The molecular formula is C53H54O8. The number of hydrogen-bond donors (Lipinski definition) is 4. The molecule has 8 nitrogen and oxygen atoms in total. The molecule has 0 saturated carbocycles. The highest BCUT2D eigenvalue weighted by Gasteiger charge is 2.29. The summed E-state index contributed by atoms with van der Waals surface area (Å²) < 4.78 is 23.5. The molecule has 0 fully saturated rings. The molecule has 3 atom stereocenters. The Morgan fingerprint density at radius 1 is 0.623 bits per heavy atom. The molecule has 0 aliphatic heterocycles. The zero-order valence-electron chi connectivity index (χ0n) is 34.7. The van der Waals surface area contributed by atoms with Crippen molar-refractivity contribution in [3.63, 3.8) is 0 Å². The van der Waals surface area contributed by atoms with Crippen LogP contribution in [0.15, 0.2) is 157 Å². The van der Waals surface area contributed by atoms with Crippen molar-refractivity contribution in [1.29, 1.82) is 0 Å². The minimum Gasteiger partial charge on any atom is -0.491 e. The van der Waals surface area contributed by atoms with Gasteiger partial charge in [0.2, 0.25) is 0 Å². The van der Waals surface area contributed by atoms with E-state index in [4.69, 9.17) is 30.5 Å². The number of aliphatic hydroxyl groups excluding tert-OH is 4. The molecule has 5 aromatic carbocycles. The van der Waals surface area contributed by atoms with Crippen molar-refractivity contribution in [3.8, 4) is 57.6 Å². The number of terminal acetylenes is 1. The van der Waals surface area contributed by atoms with Gasteiger partial charge in [0, 0.05) is 28.9 Å². The summed E-state index contributed by atoms with van der Waals surface area (Å²) in [5.41, 5.74) is 10.2. The second kappa shape index (κ2) is 22.3. The smallest absolute Gasteiger partial charge is 0.123 e. The van der Waals surface area contributed by atoms with Crippen molar-refractivity contribution in [2.24, 2.45) is 5.92 Å². The fourth-order valence-corrected chi connectivity index (χ4v) is 7.64. The molecule has 4 N–H and O–H groups in total. The topological polar surface area (TPSA) is 118 Å². The monoisotopic (exact) mass is 818 g/mol. The fourth-order valence-electron chi connectivity index (χ4n) is 7.64. The summed E-state index contributed by atoms with van der Waals surface area (Å²) >= 11 is 0. The van der Waals surface area contributed by atoms with Gasteiger partial charge in [0.05, 0.1) is 26.4 Å². The second-order valence-corrected chi connectivity index (χ2v) is 14.5. The molecule has 0 saturated heterocycles. The van der Waals surface area contributed by atoms with Gasteiger partial charge in [0.1, 0.15) is 49.4 Å². The number of hydrogen-bond acceptors (Lipinski definition) is 8. The summed E-state index contributed by atoms with van der Waals surface area (Å²) in [5.74, 6) is 5.07. The van der Waals surface area contributed by atoms with E-state index in [1.165, 1.54) is 0 Å². The molecule has 0 radical (unpaired) electrons. The summed E-state index contributed by atoms with van der Waals surface area (Å²) in [6, 6.07) is 36.6. The summed E-state index contributed by atoms with van der Waals surface area (Å²) in [6.45, 7) is 4.61. The molecule has 0 aromatic heterocycles. The molecule has 314 valence electrons. The van der Waals surface area contributed by atoms with Crippen LogP contribution in [0.2, 0.25) is 0 Å². The molecule has 0 spiro atoms. The number of ether oxygens (including phenoxy) is 4. The van der Waals surface area contributed by atoms with E-state index >= 15 is 0 Å². The average molecular weight is 819 g/mol. The van der Waals surface area contributed by atoms with Gasteiger partial charge in [-0.3, -0.25) is 0 Å². The van der Waals surface area contributed by atoms with Gasteiger partial charge in [-0.2, -0.15) is 0 Å². The van der Waals surface area contributed by atoms with Gasteiger partial charge in [0.25, 0.3) is 0 Å². The number of rotatable bonds is 21. The van der Waals surface area contributed by atoms with Gasteiger partial charge < -0.3 is 39.4 Å². The molecule has 6 rings (SSSR count). The van der Waals surface area contributed by atoms with Crippen molar-refractivity contribution in [3.05, 3.63) is 179 Å². The van der Waals surface area contributed by atoms with Crippen molar-refractivity contribution in [2.45, 2.75) is 25.7 Å².